The number of likely N-dealkylation sites (tertiary alicyclic amines) is 1. The van der Waals surface area contributed by atoms with Crippen LogP contribution in [0, 0.1) is 5.92 Å². The highest BCUT2D eigenvalue weighted by Crippen LogP contribution is 2.14. The zero-order valence-corrected chi connectivity index (χ0v) is 10.2. The van der Waals surface area contributed by atoms with Crippen LogP contribution in [0.4, 0.5) is 0 Å². The van der Waals surface area contributed by atoms with Gasteiger partial charge in [-0.05, 0) is 45.4 Å². The zero-order chi connectivity index (χ0) is 11.4. The molecule has 1 aromatic heterocycles. The minimum Gasteiger partial charge on any atom is -0.311 e. The van der Waals surface area contributed by atoms with Gasteiger partial charge in [-0.25, -0.2) is 0 Å². The molecule has 1 aliphatic rings. The third kappa shape index (κ3) is 3.28. The topological polar surface area (TPSA) is 46.0 Å². The molecular weight excluding hydrogens is 202 g/mol. The van der Waals surface area contributed by atoms with Crippen LogP contribution in [-0.2, 0) is 13.6 Å². The van der Waals surface area contributed by atoms with E-state index in [2.05, 4.69) is 27.6 Å². The number of rotatable bonds is 4. The van der Waals surface area contributed by atoms with Crippen molar-refractivity contribution in [1.82, 2.24) is 25.2 Å². The van der Waals surface area contributed by atoms with Crippen LogP contribution in [0.15, 0.2) is 6.20 Å². The van der Waals surface area contributed by atoms with E-state index >= 15 is 0 Å². The summed E-state index contributed by atoms with van der Waals surface area (Å²) >= 11 is 0. The molecule has 0 atom stereocenters. The lowest BCUT2D eigenvalue weighted by molar-refractivity contribution is 0.216. The highest BCUT2D eigenvalue weighted by molar-refractivity contribution is 4.91. The Hall–Kier alpha value is -0.940. The van der Waals surface area contributed by atoms with Crippen LogP contribution in [-0.4, -0.2) is 46.6 Å². The zero-order valence-electron chi connectivity index (χ0n) is 10.2. The predicted octanol–water partition coefficient (Wildman–Crippen LogP) is 0.246. The van der Waals surface area contributed by atoms with Crippen molar-refractivity contribution in [3.05, 3.63) is 11.9 Å². The van der Waals surface area contributed by atoms with E-state index in [0.717, 1.165) is 24.7 Å². The van der Waals surface area contributed by atoms with E-state index in [-0.39, 0.29) is 0 Å². The third-order valence-electron chi connectivity index (χ3n) is 3.23. The summed E-state index contributed by atoms with van der Waals surface area (Å²) in [5.41, 5.74) is 1.02. The first-order chi connectivity index (χ1) is 7.74. The Kier molecular flexibility index (Phi) is 3.90. The summed E-state index contributed by atoms with van der Waals surface area (Å²) in [5, 5.41) is 11.4. The van der Waals surface area contributed by atoms with Crippen molar-refractivity contribution in [1.29, 1.82) is 0 Å². The van der Waals surface area contributed by atoms with Gasteiger partial charge in [-0.3, -0.25) is 4.68 Å². The van der Waals surface area contributed by atoms with Gasteiger partial charge in [0.25, 0.3) is 0 Å². The highest BCUT2D eigenvalue weighted by Gasteiger charge is 2.15. The average molecular weight is 223 g/mol. The first-order valence-corrected chi connectivity index (χ1v) is 5.98. The van der Waals surface area contributed by atoms with Crippen molar-refractivity contribution in [2.45, 2.75) is 19.4 Å². The average Bonchev–Trinajstić information content (AvgIpc) is 2.67. The summed E-state index contributed by atoms with van der Waals surface area (Å²) in [6.07, 6.45) is 4.58. The van der Waals surface area contributed by atoms with Gasteiger partial charge in [-0.2, -0.15) is 0 Å². The van der Waals surface area contributed by atoms with Gasteiger partial charge in [-0.15, -0.1) is 5.10 Å². The van der Waals surface area contributed by atoms with E-state index in [1.807, 2.05) is 13.2 Å². The van der Waals surface area contributed by atoms with E-state index in [0.29, 0.717) is 0 Å². The Bertz CT molecular complexity index is 314. The lowest BCUT2D eigenvalue weighted by Gasteiger charge is -2.28. The van der Waals surface area contributed by atoms with Crippen molar-refractivity contribution >= 4 is 0 Å². The van der Waals surface area contributed by atoms with Gasteiger partial charge in [0.1, 0.15) is 0 Å². The number of piperidine rings is 1. The lowest BCUT2D eigenvalue weighted by Crippen LogP contribution is -2.34. The fourth-order valence-corrected chi connectivity index (χ4v) is 2.15. The molecule has 2 heterocycles. The molecule has 5 nitrogen and oxygen atoms in total. The molecule has 0 spiro atoms. The van der Waals surface area contributed by atoms with Crippen LogP contribution in [0.5, 0.6) is 0 Å². The third-order valence-corrected chi connectivity index (χ3v) is 3.23. The molecule has 0 aromatic carbocycles. The number of aromatic nitrogens is 3. The fraction of sp³-hybridized carbons (Fsp3) is 0.818. The van der Waals surface area contributed by atoms with Gasteiger partial charge in [-0.1, -0.05) is 5.21 Å². The summed E-state index contributed by atoms with van der Waals surface area (Å²) in [6, 6.07) is 0. The van der Waals surface area contributed by atoms with Crippen molar-refractivity contribution in [2.24, 2.45) is 13.0 Å². The van der Waals surface area contributed by atoms with E-state index in [1.54, 1.807) is 4.68 Å². The summed E-state index contributed by atoms with van der Waals surface area (Å²) in [7, 11) is 4.09. The molecule has 0 unspecified atom stereocenters. The van der Waals surface area contributed by atoms with Gasteiger partial charge in [0.05, 0.1) is 5.69 Å². The maximum Gasteiger partial charge on any atom is 0.0964 e. The van der Waals surface area contributed by atoms with Gasteiger partial charge < -0.3 is 10.2 Å². The number of aryl methyl sites for hydroxylation is 1. The molecule has 5 heteroatoms. The molecule has 0 amide bonds. The number of nitrogens with one attached hydrogen (secondary N) is 1. The molecule has 16 heavy (non-hydrogen) atoms. The summed E-state index contributed by atoms with van der Waals surface area (Å²) < 4.78 is 1.74. The second-order valence-electron chi connectivity index (χ2n) is 4.76. The molecule has 1 aliphatic heterocycles. The standard InChI is InChI=1S/C11H21N5/c1-15-5-3-10(4-6-15)7-12-8-11-9-16(2)14-13-11/h9-10,12H,3-8H2,1-2H3. The van der Waals surface area contributed by atoms with Crippen LogP contribution in [0.25, 0.3) is 0 Å². The van der Waals surface area contributed by atoms with Crippen molar-refractivity contribution < 1.29 is 0 Å². The number of hydrogen-bond acceptors (Lipinski definition) is 4. The Labute approximate surface area is 96.8 Å². The van der Waals surface area contributed by atoms with E-state index in [9.17, 15) is 0 Å². The van der Waals surface area contributed by atoms with Crippen molar-refractivity contribution in [3.8, 4) is 0 Å². The summed E-state index contributed by atoms with van der Waals surface area (Å²) in [4.78, 5) is 2.40. The Morgan fingerprint density at radius 3 is 2.75 bits per heavy atom. The van der Waals surface area contributed by atoms with Crippen molar-refractivity contribution in [3.63, 3.8) is 0 Å². The smallest absolute Gasteiger partial charge is 0.0964 e. The molecule has 0 saturated carbocycles. The largest absolute Gasteiger partial charge is 0.311 e. The molecule has 1 N–H and O–H groups in total. The van der Waals surface area contributed by atoms with Crippen LogP contribution in [0.2, 0.25) is 0 Å². The molecule has 90 valence electrons. The van der Waals surface area contributed by atoms with Crippen LogP contribution < -0.4 is 5.32 Å². The minimum absolute atomic E-state index is 0.827. The first-order valence-electron chi connectivity index (χ1n) is 5.98. The molecule has 0 aliphatic carbocycles. The van der Waals surface area contributed by atoms with Gasteiger partial charge >= 0.3 is 0 Å². The SMILES string of the molecule is CN1CCC(CNCc2cn(C)nn2)CC1. The second-order valence-corrected chi connectivity index (χ2v) is 4.76. The Morgan fingerprint density at radius 2 is 2.12 bits per heavy atom. The van der Waals surface area contributed by atoms with Crippen LogP contribution in [0.1, 0.15) is 18.5 Å². The van der Waals surface area contributed by atoms with Gasteiger partial charge in [0.15, 0.2) is 0 Å². The molecule has 1 fully saturated rings. The minimum atomic E-state index is 0.827. The predicted molar refractivity (Wildman–Crippen MR) is 62.9 cm³/mol. The molecule has 0 bridgehead atoms. The fourth-order valence-electron chi connectivity index (χ4n) is 2.15. The Balaban J connectivity index is 1.64. The number of nitrogens with zero attached hydrogens (tertiary/aromatic N) is 4. The maximum absolute atomic E-state index is 4.05. The van der Waals surface area contributed by atoms with E-state index < -0.39 is 0 Å². The molecular formula is C11H21N5. The van der Waals surface area contributed by atoms with E-state index in [4.69, 9.17) is 0 Å². The molecule has 1 saturated heterocycles. The lowest BCUT2D eigenvalue weighted by atomic mass is 9.97. The second kappa shape index (κ2) is 5.41. The number of hydrogen-bond donors (Lipinski definition) is 1. The monoisotopic (exact) mass is 223 g/mol. The highest BCUT2D eigenvalue weighted by atomic mass is 15.4. The quantitative estimate of drug-likeness (QED) is 0.794. The maximum atomic E-state index is 4.05. The molecule has 1 aromatic rings. The van der Waals surface area contributed by atoms with Crippen LogP contribution >= 0.6 is 0 Å². The van der Waals surface area contributed by atoms with Crippen molar-refractivity contribution in [2.75, 3.05) is 26.7 Å². The van der Waals surface area contributed by atoms with Crippen LogP contribution in [0.3, 0.4) is 0 Å². The van der Waals surface area contributed by atoms with Gasteiger partial charge in [0, 0.05) is 19.8 Å². The summed E-state index contributed by atoms with van der Waals surface area (Å²) in [6.45, 7) is 4.40. The first kappa shape index (κ1) is 11.5. The van der Waals surface area contributed by atoms with Gasteiger partial charge in [0.2, 0.25) is 0 Å². The normalized spacial score (nSPS) is 19.1. The molecule has 0 radical (unpaired) electrons. The van der Waals surface area contributed by atoms with E-state index in [1.165, 1.54) is 25.9 Å². The molecule has 2 rings (SSSR count). The Morgan fingerprint density at radius 1 is 1.38 bits per heavy atom. The summed E-state index contributed by atoms with van der Waals surface area (Å²) in [5.74, 6) is 0.827.